The number of carbonyl (C=O) groups is 3. The summed E-state index contributed by atoms with van der Waals surface area (Å²) in [6.07, 6.45) is -9.89. The molecule has 30 heavy (non-hydrogen) atoms. The van der Waals surface area contributed by atoms with E-state index < -0.39 is 71.3 Å². The van der Waals surface area contributed by atoms with Gasteiger partial charge in [0, 0.05) is 6.92 Å². The van der Waals surface area contributed by atoms with Crippen LogP contribution in [0.15, 0.2) is 0 Å². The van der Waals surface area contributed by atoms with Crippen molar-refractivity contribution in [1.82, 2.24) is 5.32 Å². The highest BCUT2D eigenvalue weighted by molar-refractivity contribution is 9.10. The molecule has 5 N–H and O–H groups in total. The second-order valence-corrected chi connectivity index (χ2v) is 8.83. The van der Waals surface area contributed by atoms with Gasteiger partial charge in [-0.3, -0.25) is 4.79 Å². The molecule has 2 unspecified atom stereocenters. The number of carbonyl (C=O) groups excluding carboxylic acids is 3. The highest BCUT2D eigenvalue weighted by Gasteiger charge is 2.60. The molecule has 0 aromatic carbocycles. The van der Waals surface area contributed by atoms with Crippen LogP contribution in [0.5, 0.6) is 0 Å². The van der Waals surface area contributed by atoms with Crippen molar-refractivity contribution in [1.29, 1.82) is 0 Å². The maximum atomic E-state index is 12.2. The first-order valence-corrected chi connectivity index (χ1v) is 9.74. The number of alkyl carbamates (subject to hydrolysis) is 1. The number of hydrogen-bond acceptors (Lipinski definition) is 11. The van der Waals surface area contributed by atoms with Crippen molar-refractivity contribution in [3.05, 3.63) is 0 Å². The predicted octanol–water partition coefficient (Wildman–Crippen LogP) is -1.45. The summed E-state index contributed by atoms with van der Waals surface area (Å²) >= 11 is 2.87. The van der Waals surface area contributed by atoms with E-state index in [2.05, 4.69) is 26.0 Å². The van der Waals surface area contributed by atoms with Crippen molar-refractivity contribution >= 4 is 34.0 Å². The molecular weight excluding hydrogens is 474 g/mol. The number of ether oxygens (including phenoxy) is 4. The van der Waals surface area contributed by atoms with Gasteiger partial charge in [-0.2, -0.15) is 0 Å². The summed E-state index contributed by atoms with van der Waals surface area (Å²) in [5, 5.41) is 43.4. The Morgan fingerprint density at radius 3 is 2.27 bits per heavy atom. The zero-order valence-electron chi connectivity index (χ0n) is 17.2. The van der Waals surface area contributed by atoms with Gasteiger partial charge in [-0.1, -0.05) is 0 Å². The quantitative estimate of drug-likeness (QED) is 0.163. The number of aliphatic hydroxyl groups excluding tert-OH is 4. The minimum Gasteiger partial charge on any atom is -0.466 e. The van der Waals surface area contributed by atoms with Gasteiger partial charge in [-0.15, -0.1) is 0 Å². The zero-order valence-corrected chi connectivity index (χ0v) is 18.8. The van der Waals surface area contributed by atoms with Crippen molar-refractivity contribution in [3.8, 4) is 0 Å². The normalized spacial score (nSPS) is 31.3. The number of rotatable bonds is 6. The Labute approximate surface area is 181 Å². The Hall–Kier alpha value is -1.51. The molecule has 0 bridgehead atoms. The van der Waals surface area contributed by atoms with E-state index in [4.69, 9.17) is 14.2 Å². The third-order valence-corrected chi connectivity index (χ3v) is 5.08. The predicted molar refractivity (Wildman–Crippen MR) is 102 cm³/mol. The Morgan fingerprint density at radius 2 is 1.83 bits per heavy atom. The van der Waals surface area contributed by atoms with Gasteiger partial charge in [0.05, 0.1) is 19.8 Å². The molecule has 1 amide bonds. The number of alkyl halides is 1. The standard InChI is InChI=1S/C17H28BrNO11/c1-7(21)28-8(6-20)10(22)12-9(19-15(26)30-16(2,3)4)11(23)13(24)17(18,29-12)14(25)27-5/h8-13,20,22-24H,6H2,1-5H3,(H,19,26)/t8-,9-,10-,11?,12?,13+,17+/m1/s1. The molecule has 1 saturated heterocycles. The number of esters is 2. The lowest BCUT2D eigenvalue weighted by atomic mass is 9.88. The molecule has 174 valence electrons. The van der Waals surface area contributed by atoms with Gasteiger partial charge in [0.25, 0.3) is 0 Å². The number of hydrogen-bond donors (Lipinski definition) is 5. The Balaban J connectivity index is 3.31. The van der Waals surface area contributed by atoms with Gasteiger partial charge in [0.2, 0.25) is 4.51 Å². The van der Waals surface area contributed by atoms with E-state index in [0.29, 0.717) is 0 Å². The van der Waals surface area contributed by atoms with Crippen LogP contribution < -0.4 is 5.32 Å². The minimum atomic E-state index is -2.32. The molecule has 1 rings (SSSR count). The third-order valence-electron chi connectivity index (χ3n) is 4.10. The van der Waals surface area contributed by atoms with E-state index in [1.54, 1.807) is 20.8 Å². The van der Waals surface area contributed by atoms with Crippen LogP contribution in [0.4, 0.5) is 4.79 Å². The van der Waals surface area contributed by atoms with E-state index in [9.17, 15) is 34.8 Å². The van der Waals surface area contributed by atoms with Crippen molar-refractivity contribution in [2.24, 2.45) is 0 Å². The van der Waals surface area contributed by atoms with Gasteiger partial charge >= 0.3 is 18.0 Å². The van der Waals surface area contributed by atoms with Crippen LogP contribution in [0.25, 0.3) is 0 Å². The monoisotopic (exact) mass is 501 g/mol. The Bertz CT molecular complexity index is 640. The summed E-state index contributed by atoms with van der Waals surface area (Å²) in [6.45, 7) is 4.96. The summed E-state index contributed by atoms with van der Waals surface area (Å²) in [5.74, 6) is -1.98. The third kappa shape index (κ3) is 6.25. The highest BCUT2D eigenvalue weighted by atomic mass is 79.9. The Morgan fingerprint density at radius 1 is 1.27 bits per heavy atom. The SMILES string of the molecule is COC(=O)[C@@]1(Br)OC([C@H](O)[C@@H](CO)OC(C)=O)[C@H](NC(=O)OC(C)(C)C)C(O)[C@@H]1O. The minimum absolute atomic E-state index is 0.834. The van der Waals surface area contributed by atoms with E-state index in [1.165, 1.54) is 0 Å². The lowest BCUT2D eigenvalue weighted by Crippen LogP contribution is -2.72. The lowest BCUT2D eigenvalue weighted by molar-refractivity contribution is -0.238. The first-order valence-electron chi connectivity index (χ1n) is 8.94. The maximum Gasteiger partial charge on any atom is 0.408 e. The molecule has 0 aromatic rings. The molecule has 0 aliphatic carbocycles. The number of aliphatic hydroxyl groups is 4. The largest absolute Gasteiger partial charge is 0.466 e. The van der Waals surface area contributed by atoms with Gasteiger partial charge in [0.1, 0.15) is 30.0 Å². The number of nitrogens with one attached hydrogen (secondary N) is 1. The van der Waals surface area contributed by atoms with Crippen molar-refractivity contribution in [3.63, 3.8) is 0 Å². The Kier molecular flexibility index (Phi) is 9.02. The number of methoxy groups -OCH3 is 1. The summed E-state index contributed by atoms with van der Waals surface area (Å²) in [7, 11) is 1.000. The summed E-state index contributed by atoms with van der Waals surface area (Å²) in [5.41, 5.74) is -0.909. The van der Waals surface area contributed by atoms with Crippen LogP contribution in [0.3, 0.4) is 0 Å². The van der Waals surface area contributed by atoms with Crippen molar-refractivity contribution in [2.75, 3.05) is 13.7 Å². The second kappa shape index (κ2) is 10.2. The van der Waals surface area contributed by atoms with Crippen LogP contribution in [-0.4, -0.2) is 98.8 Å². The van der Waals surface area contributed by atoms with E-state index in [1.807, 2.05) is 0 Å². The molecule has 0 radical (unpaired) electrons. The fourth-order valence-electron chi connectivity index (χ4n) is 2.79. The first kappa shape index (κ1) is 26.5. The lowest BCUT2D eigenvalue weighted by Gasteiger charge is -2.47. The van der Waals surface area contributed by atoms with Crippen LogP contribution >= 0.6 is 15.9 Å². The number of halogens is 1. The maximum absolute atomic E-state index is 12.2. The smallest absolute Gasteiger partial charge is 0.408 e. The van der Waals surface area contributed by atoms with Crippen molar-refractivity contribution in [2.45, 2.75) is 74.4 Å². The zero-order chi connectivity index (χ0) is 23.4. The van der Waals surface area contributed by atoms with Crippen LogP contribution in [-0.2, 0) is 28.5 Å². The highest BCUT2D eigenvalue weighted by Crippen LogP contribution is 2.38. The van der Waals surface area contributed by atoms with Crippen molar-refractivity contribution < 1.29 is 53.8 Å². The van der Waals surface area contributed by atoms with Crippen LogP contribution in [0.1, 0.15) is 27.7 Å². The average molecular weight is 502 g/mol. The van der Waals surface area contributed by atoms with Gasteiger partial charge in [-0.05, 0) is 36.7 Å². The summed E-state index contributed by atoms with van der Waals surface area (Å²) in [6, 6.07) is -1.54. The molecule has 1 aliphatic heterocycles. The van der Waals surface area contributed by atoms with Crippen LogP contribution in [0.2, 0.25) is 0 Å². The van der Waals surface area contributed by atoms with Gasteiger partial charge < -0.3 is 44.7 Å². The molecular formula is C17H28BrNO11. The molecule has 0 aromatic heterocycles. The van der Waals surface area contributed by atoms with E-state index in [-0.39, 0.29) is 0 Å². The van der Waals surface area contributed by atoms with Crippen LogP contribution in [0, 0.1) is 0 Å². The molecule has 13 heteroatoms. The molecule has 12 nitrogen and oxygen atoms in total. The topological polar surface area (TPSA) is 181 Å². The molecule has 0 saturated carbocycles. The summed E-state index contributed by atoms with van der Waals surface area (Å²) < 4.78 is 17.7. The molecule has 7 atom stereocenters. The van der Waals surface area contributed by atoms with E-state index in [0.717, 1.165) is 14.0 Å². The average Bonchev–Trinajstić information content (AvgIpc) is 2.63. The van der Waals surface area contributed by atoms with E-state index >= 15 is 0 Å². The first-order chi connectivity index (χ1) is 13.7. The molecule has 1 fully saturated rings. The number of amides is 1. The fourth-order valence-corrected chi connectivity index (χ4v) is 3.44. The summed E-state index contributed by atoms with van der Waals surface area (Å²) in [4.78, 5) is 35.6. The van der Waals surface area contributed by atoms with Gasteiger partial charge in [-0.25, -0.2) is 9.59 Å². The fraction of sp³-hybridized carbons (Fsp3) is 0.824. The van der Waals surface area contributed by atoms with Gasteiger partial charge in [0.15, 0.2) is 6.10 Å². The molecule has 1 heterocycles. The molecule has 1 aliphatic rings. The molecule has 0 spiro atoms. The second-order valence-electron chi connectivity index (χ2n) is 7.65.